The predicted octanol–water partition coefficient (Wildman–Crippen LogP) is 3.35. The molecule has 1 fully saturated rings. The van der Waals surface area contributed by atoms with Crippen LogP contribution in [-0.4, -0.2) is 31.7 Å². The van der Waals surface area contributed by atoms with Crippen molar-refractivity contribution in [3.8, 4) is 0 Å². The molecule has 26 heavy (non-hydrogen) atoms. The highest BCUT2D eigenvalue weighted by Crippen LogP contribution is 2.24. The number of nitrogens with one attached hydrogen (secondary N) is 1. The second-order valence-electron chi connectivity index (χ2n) is 6.57. The molecule has 0 spiro atoms. The van der Waals surface area contributed by atoms with Gasteiger partial charge in [0, 0.05) is 13.1 Å². The predicted molar refractivity (Wildman–Crippen MR) is 101 cm³/mol. The van der Waals surface area contributed by atoms with Crippen molar-refractivity contribution >= 4 is 15.9 Å². The molecule has 0 radical (unpaired) electrons. The maximum atomic E-state index is 13.0. The summed E-state index contributed by atoms with van der Waals surface area (Å²) in [7, 11) is -3.67. The van der Waals surface area contributed by atoms with E-state index in [-0.39, 0.29) is 22.4 Å². The first kappa shape index (κ1) is 18.6. The molecule has 1 aliphatic heterocycles. The molecule has 138 valence electrons. The summed E-state index contributed by atoms with van der Waals surface area (Å²) in [5.41, 5.74) is 1.16. The molecule has 1 aliphatic rings. The third-order valence-corrected chi connectivity index (χ3v) is 6.67. The van der Waals surface area contributed by atoms with Gasteiger partial charge < -0.3 is 5.32 Å². The Morgan fingerprint density at radius 1 is 0.962 bits per heavy atom. The van der Waals surface area contributed by atoms with Crippen molar-refractivity contribution in [2.75, 3.05) is 13.1 Å². The van der Waals surface area contributed by atoms with E-state index in [1.165, 1.54) is 10.4 Å². The lowest BCUT2D eigenvalue weighted by Gasteiger charge is -2.26. The second kappa shape index (κ2) is 8.01. The Labute approximate surface area is 155 Å². The minimum Gasteiger partial charge on any atom is -0.345 e. The van der Waals surface area contributed by atoms with Crippen LogP contribution in [-0.2, 0) is 10.0 Å². The van der Waals surface area contributed by atoms with Crippen LogP contribution in [0.1, 0.15) is 48.1 Å². The molecule has 1 atom stereocenters. The fourth-order valence-corrected chi connectivity index (χ4v) is 4.93. The summed E-state index contributed by atoms with van der Waals surface area (Å²) >= 11 is 0. The molecule has 1 saturated heterocycles. The van der Waals surface area contributed by atoms with Gasteiger partial charge in [-0.1, -0.05) is 48.9 Å². The van der Waals surface area contributed by atoms with Gasteiger partial charge in [0.2, 0.25) is 10.0 Å². The number of carbonyl (C=O) groups is 1. The number of nitrogens with zero attached hydrogens (tertiary/aromatic N) is 1. The molecular weight excluding hydrogens is 348 g/mol. The Morgan fingerprint density at radius 3 is 2.27 bits per heavy atom. The van der Waals surface area contributed by atoms with Gasteiger partial charge in [0.1, 0.15) is 0 Å². The van der Waals surface area contributed by atoms with Crippen molar-refractivity contribution in [1.29, 1.82) is 0 Å². The van der Waals surface area contributed by atoms with Gasteiger partial charge in [0.25, 0.3) is 5.91 Å². The molecule has 1 amide bonds. The van der Waals surface area contributed by atoms with Crippen LogP contribution in [0.15, 0.2) is 59.5 Å². The van der Waals surface area contributed by atoms with E-state index in [4.69, 9.17) is 0 Å². The number of hydrogen-bond donors (Lipinski definition) is 1. The molecule has 6 heteroatoms. The van der Waals surface area contributed by atoms with E-state index in [9.17, 15) is 13.2 Å². The van der Waals surface area contributed by atoms with E-state index in [1.54, 1.807) is 18.2 Å². The lowest BCUT2D eigenvalue weighted by atomic mass is 10.1. The lowest BCUT2D eigenvalue weighted by molar-refractivity contribution is 0.0936. The maximum Gasteiger partial charge on any atom is 0.253 e. The van der Waals surface area contributed by atoms with Crippen molar-refractivity contribution in [1.82, 2.24) is 9.62 Å². The zero-order valence-electron chi connectivity index (χ0n) is 14.9. The smallest absolute Gasteiger partial charge is 0.253 e. The number of piperidine rings is 1. The third-order valence-electron chi connectivity index (χ3n) is 4.71. The number of hydrogen-bond acceptors (Lipinski definition) is 3. The van der Waals surface area contributed by atoms with Crippen molar-refractivity contribution < 1.29 is 13.2 Å². The highest BCUT2D eigenvalue weighted by atomic mass is 32.2. The lowest BCUT2D eigenvalue weighted by Crippen LogP contribution is -2.37. The standard InChI is InChI=1S/C20H24N2O3S/c1-16(17-10-4-2-5-11-17)21-20(23)18-12-6-7-13-19(18)26(24,25)22-14-8-3-9-15-22/h2,4-7,10-13,16H,3,8-9,14-15H2,1H3,(H,21,23). The van der Waals surface area contributed by atoms with Crippen LogP contribution in [0.4, 0.5) is 0 Å². The van der Waals surface area contributed by atoms with Crippen LogP contribution < -0.4 is 5.32 Å². The maximum absolute atomic E-state index is 13.0. The molecule has 2 aromatic carbocycles. The summed E-state index contributed by atoms with van der Waals surface area (Å²) in [5.74, 6) is -0.377. The Hall–Kier alpha value is -2.18. The SMILES string of the molecule is CC(NC(=O)c1ccccc1S(=O)(=O)N1CCCCC1)c1ccccc1. The largest absolute Gasteiger partial charge is 0.345 e. The fraction of sp³-hybridized carbons (Fsp3) is 0.350. The summed E-state index contributed by atoms with van der Waals surface area (Å²) in [4.78, 5) is 12.9. The van der Waals surface area contributed by atoms with Gasteiger partial charge in [-0.3, -0.25) is 4.79 Å². The van der Waals surface area contributed by atoms with Crippen molar-refractivity contribution in [2.45, 2.75) is 37.1 Å². The van der Waals surface area contributed by atoms with Crippen molar-refractivity contribution in [2.24, 2.45) is 0 Å². The number of benzene rings is 2. The Morgan fingerprint density at radius 2 is 1.58 bits per heavy atom. The molecule has 0 aromatic heterocycles. The monoisotopic (exact) mass is 372 g/mol. The molecule has 0 aliphatic carbocycles. The zero-order valence-corrected chi connectivity index (χ0v) is 15.7. The average molecular weight is 372 g/mol. The molecule has 0 bridgehead atoms. The van der Waals surface area contributed by atoms with Gasteiger partial charge in [0.05, 0.1) is 16.5 Å². The normalized spacial score (nSPS) is 16.8. The van der Waals surface area contributed by atoms with Crippen molar-refractivity contribution in [3.63, 3.8) is 0 Å². The Kier molecular flexibility index (Phi) is 5.74. The highest BCUT2D eigenvalue weighted by molar-refractivity contribution is 7.89. The van der Waals surface area contributed by atoms with Gasteiger partial charge in [-0.15, -0.1) is 0 Å². The first-order valence-corrected chi connectivity index (χ1v) is 10.4. The molecule has 1 unspecified atom stereocenters. The minimum atomic E-state index is -3.67. The van der Waals surface area contributed by atoms with E-state index in [1.807, 2.05) is 37.3 Å². The van der Waals surface area contributed by atoms with Crippen LogP contribution in [0.3, 0.4) is 0 Å². The van der Waals surface area contributed by atoms with Crippen LogP contribution in [0, 0.1) is 0 Å². The molecule has 3 rings (SSSR count). The van der Waals surface area contributed by atoms with Gasteiger partial charge in [-0.2, -0.15) is 4.31 Å². The number of sulfonamides is 1. The van der Waals surface area contributed by atoms with Gasteiger partial charge >= 0.3 is 0 Å². The molecule has 5 nitrogen and oxygen atoms in total. The van der Waals surface area contributed by atoms with Gasteiger partial charge in [0.15, 0.2) is 0 Å². The van der Waals surface area contributed by atoms with Crippen LogP contribution in [0.5, 0.6) is 0 Å². The topological polar surface area (TPSA) is 66.5 Å². The molecule has 1 heterocycles. The molecule has 2 aromatic rings. The van der Waals surface area contributed by atoms with Gasteiger partial charge in [-0.05, 0) is 37.5 Å². The summed E-state index contributed by atoms with van der Waals surface area (Å²) in [6, 6.07) is 15.8. The summed E-state index contributed by atoms with van der Waals surface area (Å²) in [6.45, 7) is 2.91. The third kappa shape index (κ3) is 3.97. The van der Waals surface area contributed by atoms with Crippen LogP contribution in [0.25, 0.3) is 0 Å². The first-order valence-electron chi connectivity index (χ1n) is 8.95. The summed E-state index contributed by atoms with van der Waals surface area (Å²) in [5, 5.41) is 2.91. The number of amides is 1. The second-order valence-corrected chi connectivity index (χ2v) is 8.47. The van der Waals surface area contributed by atoms with Crippen molar-refractivity contribution in [3.05, 3.63) is 65.7 Å². The fourth-order valence-electron chi connectivity index (χ4n) is 3.22. The van der Waals surface area contributed by atoms with Gasteiger partial charge in [-0.25, -0.2) is 8.42 Å². The van der Waals surface area contributed by atoms with E-state index in [2.05, 4.69) is 5.32 Å². The summed E-state index contributed by atoms with van der Waals surface area (Å²) < 4.78 is 27.5. The van der Waals surface area contributed by atoms with Crippen LogP contribution >= 0.6 is 0 Å². The van der Waals surface area contributed by atoms with E-state index < -0.39 is 10.0 Å². The number of rotatable bonds is 5. The number of carbonyl (C=O) groups excluding carboxylic acids is 1. The molecule has 0 saturated carbocycles. The Balaban J connectivity index is 1.85. The quantitative estimate of drug-likeness (QED) is 0.875. The van der Waals surface area contributed by atoms with Crippen LogP contribution in [0.2, 0.25) is 0 Å². The highest BCUT2D eigenvalue weighted by Gasteiger charge is 2.30. The van der Waals surface area contributed by atoms with E-state index in [0.717, 1.165) is 24.8 Å². The average Bonchev–Trinajstić information content (AvgIpc) is 2.69. The molecule has 1 N–H and O–H groups in total. The Bertz CT molecular complexity index is 860. The molecular formula is C20H24N2O3S. The zero-order chi connectivity index (χ0) is 18.6. The summed E-state index contributed by atoms with van der Waals surface area (Å²) in [6.07, 6.45) is 2.76. The van der Waals surface area contributed by atoms with E-state index in [0.29, 0.717) is 13.1 Å². The first-order chi connectivity index (χ1) is 12.5. The minimum absolute atomic E-state index is 0.0830. The van der Waals surface area contributed by atoms with E-state index >= 15 is 0 Å².